The number of halogens is 1. The number of aliphatic hydroxyl groups is 1. The zero-order valence-corrected chi connectivity index (χ0v) is 14.6. The number of carbonyl (C=O) groups excluding carboxylic acids is 1. The maximum absolute atomic E-state index is 13.3. The van der Waals surface area contributed by atoms with Crippen LogP contribution in [-0.4, -0.2) is 33.9 Å². The molecule has 2 aromatic rings. The molecule has 0 radical (unpaired) electrons. The molecule has 1 unspecified atom stereocenters. The Morgan fingerprint density at radius 1 is 1.52 bits per heavy atom. The summed E-state index contributed by atoms with van der Waals surface area (Å²) in [6, 6.07) is 4.39. The van der Waals surface area contributed by atoms with Crippen LogP contribution in [0.25, 0.3) is 5.70 Å². The quantitative estimate of drug-likeness (QED) is 0.712. The number of hydrogen-bond acceptors (Lipinski definition) is 5. The molecule has 1 aliphatic heterocycles. The van der Waals surface area contributed by atoms with Gasteiger partial charge in [0.2, 0.25) is 5.69 Å². The number of aromatic hydroxyl groups is 1. The van der Waals surface area contributed by atoms with Crippen molar-refractivity contribution in [3.05, 3.63) is 63.6 Å². The number of aliphatic hydroxyl groups excluding tert-OH is 1. The Morgan fingerprint density at radius 2 is 2.26 bits per heavy atom. The van der Waals surface area contributed by atoms with Crippen molar-refractivity contribution in [1.82, 2.24) is 9.88 Å². The minimum Gasteiger partial charge on any atom is -0.498 e. The number of ether oxygens (including phenoxy) is 1. The number of H-pyrrole nitrogens is 1. The van der Waals surface area contributed by atoms with Crippen LogP contribution in [0.5, 0.6) is 5.75 Å². The smallest absolute Gasteiger partial charge is 0.385 e. The molecule has 1 atom stereocenters. The molecule has 142 valence electrons. The minimum absolute atomic E-state index is 0.00723. The van der Waals surface area contributed by atoms with Gasteiger partial charge in [0.05, 0.1) is 6.61 Å². The van der Waals surface area contributed by atoms with Gasteiger partial charge < -0.3 is 20.3 Å². The molecule has 0 fully saturated rings. The molecule has 0 bridgehead atoms. The molecule has 9 heteroatoms. The van der Waals surface area contributed by atoms with Gasteiger partial charge in [0.1, 0.15) is 18.1 Å². The van der Waals surface area contributed by atoms with E-state index in [2.05, 4.69) is 16.9 Å². The third-order valence-electron chi connectivity index (χ3n) is 4.22. The Labute approximate surface area is 153 Å². The highest BCUT2D eigenvalue weighted by Gasteiger charge is 2.34. The summed E-state index contributed by atoms with van der Waals surface area (Å²) in [7, 11) is 0. The van der Waals surface area contributed by atoms with Crippen LogP contribution in [0.4, 0.5) is 4.39 Å². The highest BCUT2D eigenvalue weighted by Crippen LogP contribution is 2.18. The monoisotopic (exact) mass is 376 g/mol. The van der Waals surface area contributed by atoms with Crippen molar-refractivity contribution in [2.24, 2.45) is 0 Å². The van der Waals surface area contributed by atoms with E-state index in [1.54, 1.807) is 13.0 Å². The Kier molecular flexibility index (Phi) is 5.06. The molecule has 2 heterocycles. The number of fused-ring (bicyclic) bond motifs is 1. The molecule has 1 aromatic carbocycles. The number of nitrogens with one attached hydrogen (secondary N) is 2. The number of aryl methyl sites for hydroxylation is 1. The van der Waals surface area contributed by atoms with Gasteiger partial charge in [0.15, 0.2) is 6.10 Å². The second kappa shape index (κ2) is 7.29. The highest BCUT2D eigenvalue weighted by atomic mass is 19.1. The topological polar surface area (TPSA) is 115 Å². The van der Waals surface area contributed by atoms with Crippen molar-refractivity contribution < 1.29 is 29.1 Å². The van der Waals surface area contributed by atoms with E-state index in [0.29, 0.717) is 11.1 Å². The SMILES string of the molecule is C=C1COCC(O)c2[nH+]c(C(=O)NCc3ccc(F)c(C)c3)c(O)c(=O)n21. The van der Waals surface area contributed by atoms with Gasteiger partial charge in [-0.2, -0.15) is 4.57 Å². The first kappa shape index (κ1) is 18.7. The van der Waals surface area contributed by atoms with Gasteiger partial charge in [0.25, 0.3) is 17.5 Å². The van der Waals surface area contributed by atoms with Gasteiger partial charge in [-0.15, -0.1) is 0 Å². The van der Waals surface area contributed by atoms with Gasteiger partial charge in [-0.3, -0.25) is 4.79 Å². The number of amides is 1. The molecule has 27 heavy (non-hydrogen) atoms. The van der Waals surface area contributed by atoms with Crippen molar-refractivity contribution in [3.63, 3.8) is 0 Å². The van der Waals surface area contributed by atoms with Gasteiger partial charge in [-0.25, -0.2) is 14.2 Å². The Bertz CT molecular complexity index is 986. The fourth-order valence-electron chi connectivity index (χ4n) is 2.80. The van der Waals surface area contributed by atoms with Gasteiger partial charge >= 0.3 is 5.56 Å². The van der Waals surface area contributed by atoms with E-state index < -0.39 is 23.3 Å². The first-order chi connectivity index (χ1) is 12.8. The Balaban J connectivity index is 1.91. The molecule has 0 saturated carbocycles. The summed E-state index contributed by atoms with van der Waals surface area (Å²) in [5.74, 6) is -1.92. The van der Waals surface area contributed by atoms with Crippen molar-refractivity contribution >= 4 is 11.6 Å². The normalized spacial score (nSPS) is 16.6. The molecule has 0 aliphatic carbocycles. The van der Waals surface area contributed by atoms with Crippen LogP contribution >= 0.6 is 0 Å². The average Bonchev–Trinajstić information content (AvgIpc) is 2.77. The van der Waals surface area contributed by atoms with Gasteiger partial charge in [0, 0.05) is 6.54 Å². The predicted molar refractivity (Wildman–Crippen MR) is 92.3 cm³/mol. The Morgan fingerprint density at radius 3 is 2.96 bits per heavy atom. The van der Waals surface area contributed by atoms with E-state index in [-0.39, 0.29) is 42.8 Å². The molecular formula is C18H19FN3O5+. The van der Waals surface area contributed by atoms with Crippen LogP contribution in [-0.2, 0) is 11.3 Å². The largest absolute Gasteiger partial charge is 0.498 e. The molecule has 1 amide bonds. The van der Waals surface area contributed by atoms with Crippen molar-refractivity contribution in [1.29, 1.82) is 0 Å². The number of carbonyl (C=O) groups is 1. The van der Waals surface area contributed by atoms with E-state index in [9.17, 15) is 24.2 Å². The van der Waals surface area contributed by atoms with Crippen LogP contribution < -0.4 is 15.9 Å². The third-order valence-corrected chi connectivity index (χ3v) is 4.22. The second-order valence-corrected chi connectivity index (χ2v) is 6.24. The molecule has 4 N–H and O–H groups in total. The lowest BCUT2D eigenvalue weighted by Crippen LogP contribution is -2.40. The summed E-state index contributed by atoms with van der Waals surface area (Å²) < 4.78 is 19.5. The summed E-state index contributed by atoms with van der Waals surface area (Å²) in [6.45, 7) is 5.23. The van der Waals surface area contributed by atoms with Crippen LogP contribution in [0.2, 0.25) is 0 Å². The fourth-order valence-corrected chi connectivity index (χ4v) is 2.80. The average molecular weight is 376 g/mol. The molecule has 3 rings (SSSR count). The minimum atomic E-state index is -1.20. The second-order valence-electron chi connectivity index (χ2n) is 6.24. The predicted octanol–water partition coefficient (Wildman–Crippen LogP) is 0.280. The van der Waals surface area contributed by atoms with Crippen molar-refractivity contribution in [2.45, 2.75) is 19.6 Å². The van der Waals surface area contributed by atoms with E-state index in [0.717, 1.165) is 4.57 Å². The Hall–Kier alpha value is -3.04. The summed E-state index contributed by atoms with van der Waals surface area (Å²) in [6.07, 6.45) is -1.20. The summed E-state index contributed by atoms with van der Waals surface area (Å²) in [4.78, 5) is 27.5. The van der Waals surface area contributed by atoms with E-state index in [1.165, 1.54) is 12.1 Å². The first-order valence-electron chi connectivity index (χ1n) is 8.18. The van der Waals surface area contributed by atoms with Gasteiger partial charge in [-0.1, -0.05) is 18.7 Å². The lowest BCUT2D eigenvalue weighted by atomic mass is 10.1. The summed E-state index contributed by atoms with van der Waals surface area (Å²) >= 11 is 0. The maximum atomic E-state index is 13.3. The third kappa shape index (κ3) is 3.60. The standard InChI is InChI=1S/C18H18FN3O5/c1-9-5-11(3-4-12(9)19)6-20-17(25)14-15(24)18(26)22-10(2)7-27-8-13(23)16(22)21-14/h3-5,13,23-24H,2,6-8H2,1H3,(H,20,25)/p+1. The summed E-state index contributed by atoms with van der Waals surface area (Å²) in [5, 5.41) is 22.8. The molecule has 0 spiro atoms. The van der Waals surface area contributed by atoms with E-state index >= 15 is 0 Å². The van der Waals surface area contributed by atoms with Crippen molar-refractivity contribution in [2.75, 3.05) is 13.2 Å². The zero-order chi connectivity index (χ0) is 19.7. The molecular weight excluding hydrogens is 357 g/mol. The van der Waals surface area contributed by atoms with E-state index in [4.69, 9.17) is 4.74 Å². The van der Waals surface area contributed by atoms with Crippen LogP contribution in [0.3, 0.4) is 0 Å². The number of aromatic amines is 1. The highest BCUT2D eigenvalue weighted by molar-refractivity contribution is 5.93. The van der Waals surface area contributed by atoms with E-state index in [1.807, 2.05) is 0 Å². The number of rotatable bonds is 3. The lowest BCUT2D eigenvalue weighted by Gasteiger charge is -2.09. The van der Waals surface area contributed by atoms with Crippen LogP contribution in [0.1, 0.15) is 33.5 Å². The maximum Gasteiger partial charge on any atom is 0.385 e. The summed E-state index contributed by atoms with van der Waals surface area (Å²) in [5.41, 5.74) is 0.0165. The molecule has 1 aliphatic rings. The molecule has 8 nitrogen and oxygen atoms in total. The number of hydrogen-bond donors (Lipinski definition) is 3. The zero-order valence-electron chi connectivity index (χ0n) is 14.6. The molecule has 0 saturated heterocycles. The lowest BCUT2D eigenvalue weighted by molar-refractivity contribution is -0.412. The number of aromatic nitrogens is 2. The van der Waals surface area contributed by atoms with Crippen LogP contribution in [0, 0.1) is 12.7 Å². The number of benzene rings is 1. The number of nitrogens with zero attached hydrogens (tertiary/aromatic N) is 1. The molecule has 1 aromatic heterocycles. The van der Waals surface area contributed by atoms with Crippen LogP contribution in [0.15, 0.2) is 29.6 Å². The van der Waals surface area contributed by atoms with Crippen molar-refractivity contribution in [3.8, 4) is 5.75 Å². The van der Waals surface area contributed by atoms with Gasteiger partial charge in [-0.05, 0) is 24.1 Å². The fraction of sp³-hybridized carbons (Fsp3) is 0.278. The first-order valence-corrected chi connectivity index (χ1v) is 8.18.